The smallest absolute Gasteiger partial charge is 0.137 e. The fraction of sp³-hybridized carbons (Fsp3) is 0. The number of hydrogen-bond donors (Lipinski definition) is 0. The predicted octanol–water partition coefficient (Wildman–Crippen LogP) is 9.11. The summed E-state index contributed by atoms with van der Waals surface area (Å²) >= 11 is 3.68. The third-order valence-electron chi connectivity index (χ3n) is 6.44. The second kappa shape index (κ2) is 7.09. The minimum atomic E-state index is 0.908. The first-order valence-electron chi connectivity index (χ1n) is 11.0. The van der Waals surface area contributed by atoms with E-state index in [2.05, 4.69) is 118 Å². The van der Waals surface area contributed by atoms with E-state index in [1.165, 1.54) is 27.4 Å². The van der Waals surface area contributed by atoms with Crippen LogP contribution in [-0.2, 0) is 0 Å². The van der Waals surface area contributed by atoms with E-state index in [0.717, 1.165) is 37.6 Å². The summed E-state index contributed by atoms with van der Waals surface area (Å²) in [6, 6.07) is 38.5. The SMILES string of the molecule is Brc1ccc2c(c1)c1cc3c(cc1n2-c1cccc(-c2ccccc2)c1)oc1ccccc13. The van der Waals surface area contributed by atoms with Gasteiger partial charge in [0.25, 0.3) is 0 Å². The maximum Gasteiger partial charge on any atom is 0.137 e. The molecule has 0 fully saturated rings. The Hall–Kier alpha value is -3.82. The van der Waals surface area contributed by atoms with E-state index in [-0.39, 0.29) is 0 Å². The lowest BCUT2D eigenvalue weighted by Crippen LogP contribution is -1.94. The Morgan fingerprint density at radius 3 is 2.21 bits per heavy atom. The van der Waals surface area contributed by atoms with Crippen molar-refractivity contribution in [2.75, 3.05) is 0 Å². The number of benzene rings is 5. The van der Waals surface area contributed by atoms with Crippen molar-refractivity contribution in [3.63, 3.8) is 0 Å². The van der Waals surface area contributed by atoms with E-state index in [1.807, 2.05) is 12.1 Å². The van der Waals surface area contributed by atoms with Gasteiger partial charge in [-0.05, 0) is 53.6 Å². The topological polar surface area (TPSA) is 18.1 Å². The highest BCUT2D eigenvalue weighted by atomic mass is 79.9. The zero-order valence-electron chi connectivity index (χ0n) is 17.6. The van der Waals surface area contributed by atoms with Crippen molar-refractivity contribution in [1.82, 2.24) is 4.57 Å². The quantitative estimate of drug-likeness (QED) is 0.237. The first-order valence-corrected chi connectivity index (χ1v) is 11.8. The molecular formula is C30H18BrNO. The van der Waals surface area contributed by atoms with Crippen LogP contribution in [-0.4, -0.2) is 4.57 Å². The Bertz CT molecular complexity index is 1830. The molecule has 7 aromatic rings. The molecule has 7 rings (SSSR count). The molecule has 0 N–H and O–H groups in total. The van der Waals surface area contributed by atoms with E-state index < -0.39 is 0 Å². The molecule has 0 aliphatic carbocycles. The van der Waals surface area contributed by atoms with Crippen LogP contribution in [0.4, 0.5) is 0 Å². The summed E-state index contributed by atoms with van der Waals surface area (Å²) in [5.74, 6) is 0. The fourth-order valence-electron chi connectivity index (χ4n) is 4.94. The molecule has 0 spiro atoms. The number of para-hydroxylation sites is 1. The van der Waals surface area contributed by atoms with Crippen LogP contribution in [0.1, 0.15) is 0 Å². The van der Waals surface area contributed by atoms with Gasteiger partial charge in [-0.3, -0.25) is 0 Å². The molecule has 0 saturated heterocycles. The third-order valence-corrected chi connectivity index (χ3v) is 6.93. The monoisotopic (exact) mass is 487 g/mol. The molecular weight excluding hydrogens is 470 g/mol. The summed E-state index contributed by atoms with van der Waals surface area (Å²) in [7, 11) is 0. The number of hydrogen-bond acceptors (Lipinski definition) is 1. The van der Waals surface area contributed by atoms with Crippen LogP contribution in [0.3, 0.4) is 0 Å². The van der Waals surface area contributed by atoms with Crippen LogP contribution in [0.5, 0.6) is 0 Å². The largest absolute Gasteiger partial charge is 0.456 e. The lowest BCUT2D eigenvalue weighted by Gasteiger charge is -2.10. The zero-order chi connectivity index (χ0) is 21.9. The summed E-state index contributed by atoms with van der Waals surface area (Å²) in [6.45, 7) is 0. The Balaban J connectivity index is 1.59. The van der Waals surface area contributed by atoms with Gasteiger partial charge >= 0.3 is 0 Å². The number of nitrogens with zero attached hydrogens (tertiary/aromatic N) is 1. The normalized spacial score (nSPS) is 11.8. The van der Waals surface area contributed by atoms with Gasteiger partial charge in [0.2, 0.25) is 0 Å². The second-order valence-corrected chi connectivity index (χ2v) is 9.29. The molecule has 2 heterocycles. The maximum absolute atomic E-state index is 6.24. The number of aromatic nitrogens is 1. The Morgan fingerprint density at radius 2 is 1.30 bits per heavy atom. The standard InChI is InChI=1S/C30H18BrNO/c31-21-13-14-27-24(16-21)25-17-26-23-11-4-5-12-29(23)33-30(26)18-28(25)32(27)22-10-6-9-20(15-22)19-7-2-1-3-8-19/h1-18H. The van der Waals surface area contributed by atoms with Gasteiger partial charge in [0, 0.05) is 37.8 Å². The number of rotatable bonds is 2. The Kier molecular flexibility index (Phi) is 4.02. The summed E-state index contributed by atoms with van der Waals surface area (Å²) < 4.78 is 9.66. The Labute approximate surface area is 198 Å². The van der Waals surface area contributed by atoms with E-state index >= 15 is 0 Å². The van der Waals surface area contributed by atoms with Crippen molar-refractivity contribution in [1.29, 1.82) is 0 Å². The van der Waals surface area contributed by atoms with Crippen molar-refractivity contribution >= 4 is 59.7 Å². The van der Waals surface area contributed by atoms with E-state index in [9.17, 15) is 0 Å². The lowest BCUT2D eigenvalue weighted by atomic mass is 10.1. The molecule has 33 heavy (non-hydrogen) atoms. The molecule has 0 aliphatic rings. The molecule has 0 saturated carbocycles. The fourth-order valence-corrected chi connectivity index (χ4v) is 5.30. The highest BCUT2D eigenvalue weighted by Gasteiger charge is 2.17. The summed E-state index contributed by atoms with van der Waals surface area (Å²) in [5.41, 5.74) is 7.69. The number of furan rings is 1. The van der Waals surface area contributed by atoms with E-state index in [1.54, 1.807) is 0 Å². The molecule has 5 aromatic carbocycles. The van der Waals surface area contributed by atoms with Crippen LogP contribution in [0, 0.1) is 0 Å². The molecule has 3 heteroatoms. The van der Waals surface area contributed by atoms with Crippen LogP contribution < -0.4 is 0 Å². The highest BCUT2D eigenvalue weighted by molar-refractivity contribution is 9.10. The minimum absolute atomic E-state index is 0.908. The van der Waals surface area contributed by atoms with Crippen LogP contribution in [0.2, 0.25) is 0 Å². The third kappa shape index (κ3) is 2.86. The van der Waals surface area contributed by atoms with Crippen molar-refractivity contribution < 1.29 is 4.42 Å². The van der Waals surface area contributed by atoms with Gasteiger partial charge in [-0.15, -0.1) is 0 Å². The first-order chi connectivity index (χ1) is 16.3. The Morgan fingerprint density at radius 1 is 0.515 bits per heavy atom. The maximum atomic E-state index is 6.24. The molecule has 0 radical (unpaired) electrons. The van der Waals surface area contributed by atoms with Crippen molar-refractivity contribution in [2.45, 2.75) is 0 Å². The number of halogens is 1. The summed E-state index contributed by atoms with van der Waals surface area (Å²) in [4.78, 5) is 0. The molecule has 0 bridgehead atoms. The van der Waals surface area contributed by atoms with Crippen LogP contribution >= 0.6 is 15.9 Å². The molecule has 0 aliphatic heterocycles. The molecule has 156 valence electrons. The van der Waals surface area contributed by atoms with Crippen LogP contribution in [0.25, 0.3) is 60.6 Å². The van der Waals surface area contributed by atoms with Gasteiger partial charge in [0.15, 0.2) is 0 Å². The van der Waals surface area contributed by atoms with Crippen molar-refractivity contribution in [2.24, 2.45) is 0 Å². The zero-order valence-corrected chi connectivity index (χ0v) is 19.2. The molecule has 0 unspecified atom stereocenters. The molecule has 2 nitrogen and oxygen atoms in total. The van der Waals surface area contributed by atoms with Gasteiger partial charge < -0.3 is 8.98 Å². The highest BCUT2D eigenvalue weighted by Crippen LogP contribution is 2.39. The van der Waals surface area contributed by atoms with Crippen molar-refractivity contribution in [3.8, 4) is 16.8 Å². The van der Waals surface area contributed by atoms with Gasteiger partial charge in [-0.2, -0.15) is 0 Å². The van der Waals surface area contributed by atoms with Crippen molar-refractivity contribution in [3.05, 3.63) is 114 Å². The van der Waals surface area contributed by atoms with E-state index in [4.69, 9.17) is 4.42 Å². The average molecular weight is 488 g/mol. The van der Waals surface area contributed by atoms with Gasteiger partial charge in [0.05, 0.1) is 11.0 Å². The first kappa shape index (κ1) is 18.7. The van der Waals surface area contributed by atoms with Gasteiger partial charge in [0.1, 0.15) is 11.2 Å². The lowest BCUT2D eigenvalue weighted by molar-refractivity contribution is 0.669. The average Bonchev–Trinajstić information content (AvgIpc) is 3.38. The molecule has 2 aromatic heterocycles. The predicted molar refractivity (Wildman–Crippen MR) is 141 cm³/mol. The van der Waals surface area contributed by atoms with Crippen LogP contribution in [0.15, 0.2) is 118 Å². The summed E-state index contributed by atoms with van der Waals surface area (Å²) in [6.07, 6.45) is 0. The number of fused-ring (bicyclic) bond motifs is 6. The molecule has 0 atom stereocenters. The van der Waals surface area contributed by atoms with Gasteiger partial charge in [-0.25, -0.2) is 0 Å². The second-order valence-electron chi connectivity index (χ2n) is 8.38. The van der Waals surface area contributed by atoms with Gasteiger partial charge in [-0.1, -0.05) is 76.6 Å². The van der Waals surface area contributed by atoms with E-state index in [0.29, 0.717) is 0 Å². The minimum Gasteiger partial charge on any atom is -0.456 e. The summed E-state index contributed by atoms with van der Waals surface area (Å²) in [5, 5.41) is 4.73. The molecule has 0 amide bonds.